The zero-order chi connectivity index (χ0) is 12.5. The van der Waals surface area contributed by atoms with E-state index >= 15 is 0 Å². The van der Waals surface area contributed by atoms with Crippen molar-refractivity contribution in [2.24, 2.45) is 0 Å². The van der Waals surface area contributed by atoms with E-state index in [-0.39, 0.29) is 0 Å². The molecule has 0 aromatic carbocycles. The Balaban J connectivity index is 1.99. The number of nitrogens with zero attached hydrogens (tertiary/aromatic N) is 5. The van der Waals surface area contributed by atoms with E-state index in [2.05, 4.69) is 27.3 Å². The van der Waals surface area contributed by atoms with Crippen LogP contribution in [0.2, 0.25) is 0 Å². The molecule has 1 aromatic heterocycles. The molecule has 1 aliphatic rings. The van der Waals surface area contributed by atoms with Gasteiger partial charge in [0.1, 0.15) is 0 Å². The first-order valence-electron chi connectivity index (χ1n) is 6.21. The second kappa shape index (κ2) is 4.70. The third kappa shape index (κ3) is 3.47. The van der Waals surface area contributed by atoms with Gasteiger partial charge in [-0.05, 0) is 43.7 Å². The SMILES string of the molecule is CCN(Cc1nnnn1C1CC1)CC(C)(C)O. The molecule has 1 fully saturated rings. The van der Waals surface area contributed by atoms with Crippen molar-refractivity contribution in [3.63, 3.8) is 0 Å². The van der Waals surface area contributed by atoms with Crippen molar-refractivity contribution in [2.45, 2.75) is 51.8 Å². The molecule has 0 amide bonds. The fourth-order valence-electron chi connectivity index (χ4n) is 1.95. The molecule has 1 aliphatic carbocycles. The van der Waals surface area contributed by atoms with Crippen LogP contribution in [-0.2, 0) is 6.54 Å². The van der Waals surface area contributed by atoms with Crippen LogP contribution >= 0.6 is 0 Å². The van der Waals surface area contributed by atoms with Gasteiger partial charge >= 0.3 is 0 Å². The van der Waals surface area contributed by atoms with Gasteiger partial charge in [0.15, 0.2) is 5.82 Å². The molecule has 1 heterocycles. The summed E-state index contributed by atoms with van der Waals surface area (Å²) >= 11 is 0. The summed E-state index contributed by atoms with van der Waals surface area (Å²) in [7, 11) is 0. The molecule has 17 heavy (non-hydrogen) atoms. The van der Waals surface area contributed by atoms with Crippen LogP contribution in [0.15, 0.2) is 0 Å². The van der Waals surface area contributed by atoms with Gasteiger partial charge in [-0.15, -0.1) is 5.10 Å². The number of hydrogen-bond donors (Lipinski definition) is 1. The molecule has 0 bridgehead atoms. The van der Waals surface area contributed by atoms with Crippen LogP contribution in [0, 0.1) is 0 Å². The van der Waals surface area contributed by atoms with E-state index in [4.69, 9.17) is 0 Å². The summed E-state index contributed by atoms with van der Waals surface area (Å²) in [6, 6.07) is 0.501. The Bertz CT molecular complexity index is 366. The molecular formula is C11H21N5O. The molecular weight excluding hydrogens is 218 g/mol. The Hall–Kier alpha value is -1.01. The maximum Gasteiger partial charge on any atom is 0.165 e. The molecule has 0 unspecified atom stereocenters. The second-order valence-electron chi connectivity index (χ2n) is 5.39. The lowest BCUT2D eigenvalue weighted by Gasteiger charge is -2.27. The van der Waals surface area contributed by atoms with Crippen molar-refractivity contribution in [2.75, 3.05) is 13.1 Å². The van der Waals surface area contributed by atoms with Crippen LogP contribution in [0.5, 0.6) is 0 Å². The minimum atomic E-state index is -0.687. The highest BCUT2D eigenvalue weighted by molar-refractivity contribution is 4.90. The smallest absolute Gasteiger partial charge is 0.165 e. The summed E-state index contributed by atoms with van der Waals surface area (Å²) in [5.74, 6) is 0.901. The Labute approximate surface area is 102 Å². The van der Waals surface area contributed by atoms with Crippen LogP contribution in [-0.4, -0.2) is 48.9 Å². The summed E-state index contributed by atoms with van der Waals surface area (Å²) in [6.07, 6.45) is 2.35. The molecule has 1 N–H and O–H groups in total. The maximum absolute atomic E-state index is 9.84. The monoisotopic (exact) mass is 239 g/mol. The topological polar surface area (TPSA) is 67.1 Å². The van der Waals surface area contributed by atoms with Gasteiger partial charge in [0, 0.05) is 6.54 Å². The third-order valence-corrected chi connectivity index (χ3v) is 2.88. The largest absolute Gasteiger partial charge is 0.389 e. The fourth-order valence-corrected chi connectivity index (χ4v) is 1.95. The standard InChI is InChI=1S/C11H21N5O/c1-4-15(8-11(2,3)17)7-10-12-13-14-16(10)9-5-6-9/h9,17H,4-8H2,1-3H3. The molecule has 96 valence electrons. The number of likely N-dealkylation sites (N-methyl/N-ethyl adjacent to an activating group) is 1. The van der Waals surface area contributed by atoms with Gasteiger partial charge < -0.3 is 5.11 Å². The Kier molecular flexibility index (Phi) is 3.44. The van der Waals surface area contributed by atoms with Crippen LogP contribution in [0.25, 0.3) is 0 Å². The average molecular weight is 239 g/mol. The summed E-state index contributed by atoms with van der Waals surface area (Å²) < 4.78 is 1.92. The zero-order valence-electron chi connectivity index (χ0n) is 10.8. The Morgan fingerprint density at radius 1 is 1.47 bits per heavy atom. The number of aromatic nitrogens is 4. The highest BCUT2D eigenvalue weighted by Crippen LogP contribution is 2.34. The lowest BCUT2D eigenvalue weighted by Crippen LogP contribution is -2.38. The van der Waals surface area contributed by atoms with Crippen molar-refractivity contribution in [3.05, 3.63) is 5.82 Å². The van der Waals surface area contributed by atoms with Gasteiger partial charge in [-0.25, -0.2) is 4.68 Å². The second-order valence-corrected chi connectivity index (χ2v) is 5.39. The first kappa shape index (κ1) is 12.4. The van der Waals surface area contributed by atoms with E-state index in [0.29, 0.717) is 19.1 Å². The van der Waals surface area contributed by atoms with E-state index in [0.717, 1.165) is 12.4 Å². The highest BCUT2D eigenvalue weighted by Gasteiger charge is 2.28. The summed E-state index contributed by atoms with van der Waals surface area (Å²) in [5, 5.41) is 21.7. The van der Waals surface area contributed by atoms with Gasteiger partial charge in [0.05, 0.1) is 18.2 Å². The fraction of sp³-hybridized carbons (Fsp3) is 0.909. The quantitative estimate of drug-likeness (QED) is 0.787. The van der Waals surface area contributed by atoms with Crippen molar-refractivity contribution in [3.8, 4) is 0 Å². The molecule has 0 spiro atoms. The third-order valence-electron chi connectivity index (χ3n) is 2.88. The lowest BCUT2D eigenvalue weighted by molar-refractivity contribution is 0.0341. The van der Waals surface area contributed by atoms with Crippen LogP contribution in [0.1, 0.15) is 45.5 Å². The number of rotatable bonds is 6. The molecule has 2 rings (SSSR count). The van der Waals surface area contributed by atoms with Crippen LogP contribution in [0.3, 0.4) is 0 Å². The average Bonchev–Trinajstić information content (AvgIpc) is 2.97. The van der Waals surface area contributed by atoms with Gasteiger partial charge in [0.2, 0.25) is 0 Å². The molecule has 0 atom stereocenters. The lowest BCUT2D eigenvalue weighted by atomic mass is 10.1. The van der Waals surface area contributed by atoms with Gasteiger partial charge in [-0.3, -0.25) is 4.90 Å². The number of hydrogen-bond acceptors (Lipinski definition) is 5. The predicted octanol–water partition coefficient (Wildman–Crippen LogP) is 0.601. The Morgan fingerprint density at radius 3 is 2.71 bits per heavy atom. The summed E-state index contributed by atoms with van der Waals surface area (Å²) in [6.45, 7) is 7.92. The summed E-state index contributed by atoms with van der Waals surface area (Å²) in [4.78, 5) is 2.16. The first-order valence-corrected chi connectivity index (χ1v) is 6.21. The Morgan fingerprint density at radius 2 is 2.18 bits per heavy atom. The van der Waals surface area contributed by atoms with Crippen molar-refractivity contribution < 1.29 is 5.11 Å². The predicted molar refractivity (Wildman–Crippen MR) is 63.3 cm³/mol. The zero-order valence-corrected chi connectivity index (χ0v) is 10.8. The van der Waals surface area contributed by atoms with Crippen molar-refractivity contribution in [1.82, 2.24) is 25.1 Å². The van der Waals surface area contributed by atoms with Gasteiger partial charge in [0.25, 0.3) is 0 Å². The number of aliphatic hydroxyl groups is 1. The number of tetrazole rings is 1. The maximum atomic E-state index is 9.84. The molecule has 0 saturated heterocycles. The molecule has 6 nitrogen and oxygen atoms in total. The molecule has 6 heteroatoms. The van der Waals surface area contributed by atoms with Gasteiger partial charge in [-0.2, -0.15) is 0 Å². The van der Waals surface area contributed by atoms with Gasteiger partial charge in [-0.1, -0.05) is 6.92 Å². The van der Waals surface area contributed by atoms with E-state index in [1.165, 1.54) is 12.8 Å². The molecule has 1 aromatic rings. The van der Waals surface area contributed by atoms with Crippen LogP contribution < -0.4 is 0 Å². The van der Waals surface area contributed by atoms with Crippen molar-refractivity contribution >= 4 is 0 Å². The van der Waals surface area contributed by atoms with E-state index in [1.54, 1.807) is 0 Å². The van der Waals surface area contributed by atoms with Crippen LogP contribution in [0.4, 0.5) is 0 Å². The molecule has 0 radical (unpaired) electrons. The van der Waals surface area contributed by atoms with E-state index < -0.39 is 5.60 Å². The normalized spacial score (nSPS) is 16.8. The van der Waals surface area contributed by atoms with E-state index in [1.807, 2.05) is 18.5 Å². The summed E-state index contributed by atoms with van der Waals surface area (Å²) in [5.41, 5.74) is -0.687. The minimum absolute atomic E-state index is 0.501. The van der Waals surface area contributed by atoms with Crippen molar-refractivity contribution in [1.29, 1.82) is 0 Å². The highest BCUT2D eigenvalue weighted by atomic mass is 16.3. The minimum Gasteiger partial charge on any atom is -0.389 e. The first-order chi connectivity index (χ1) is 7.99. The molecule has 0 aliphatic heterocycles. The van der Waals surface area contributed by atoms with E-state index in [9.17, 15) is 5.11 Å². The molecule has 1 saturated carbocycles.